The molecule has 5 heteroatoms. The Morgan fingerprint density at radius 1 is 1.37 bits per heavy atom. The molecule has 0 heterocycles. The predicted octanol–water partition coefficient (Wildman–Crippen LogP) is 3.32. The molecule has 1 aromatic carbocycles. The number of halogens is 2. The van der Waals surface area contributed by atoms with Gasteiger partial charge in [-0.15, -0.1) is 0 Å². The summed E-state index contributed by atoms with van der Waals surface area (Å²) in [6, 6.07) is 7.32. The molecule has 1 unspecified atom stereocenters. The summed E-state index contributed by atoms with van der Waals surface area (Å²) < 4.78 is 7.37. The first-order valence-corrected chi connectivity index (χ1v) is 8.15. The zero-order valence-electron chi connectivity index (χ0n) is 11.1. The molecule has 0 aliphatic heterocycles. The third kappa shape index (κ3) is 4.02. The molecule has 3 nitrogen and oxygen atoms in total. The Balaban J connectivity index is 2.17. The first-order valence-electron chi connectivity index (χ1n) is 6.57. The highest BCUT2D eigenvalue weighted by molar-refractivity contribution is 9.13. The molecule has 2 N–H and O–H groups in total. The molecular formula is C14H20Br2N2O. The number of nitrogens with zero attached hydrogens (tertiary/aromatic N) is 1. The lowest BCUT2D eigenvalue weighted by Crippen LogP contribution is -2.37. The lowest BCUT2D eigenvalue weighted by Gasteiger charge is -2.31. The van der Waals surface area contributed by atoms with Crippen molar-refractivity contribution in [2.75, 3.05) is 26.8 Å². The van der Waals surface area contributed by atoms with Crippen molar-refractivity contribution in [3.8, 4) is 0 Å². The fourth-order valence-corrected chi connectivity index (χ4v) is 3.02. The molecule has 1 saturated carbocycles. The van der Waals surface area contributed by atoms with Crippen molar-refractivity contribution >= 4 is 31.9 Å². The van der Waals surface area contributed by atoms with Crippen LogP contribution in [0.4, 0.5) is 0 Å². The maximum Gasteiger partial charge on any atom is 0.0590 e. The van der Waals surface area contributed by atoms with E-state index < -0.39 is 0 Å². The first kappa shape index (κ1) is 15.4. The van der Waals surface area contributed by atoms with Crippen LogP contribution in [-0.2, 0) is 4.74 Å². The van der Waals surface area contributed by atoms with Crippen LogP contribution in [0.3, 0.4) is 0 Å². The fourth-order valence-electron chi connectivity index (χ4n) is 2.38. The van der Waals surface area contributed by atoms with Crippen molar-refractivity contribution in [2.24, 2.45) is 5.73 Å². The van der Waals surface area contributed by atoms with Crippen LogP contribution in [0.25, 0.3) is 0 Å². The van der Waals surface area contributed by atoms with E-state index in [9.17, 15) is 0 Å². The summed E-state index contributed by atoms with van der Waals surface area (Å²) in [6.45, 7) is 2.33. The SMILES string of the molecule is COCCN(C1CC1)C(CN)c1ccc(Br)c(Br)c1. The van der Waals surface area contributed by atoms with E-state index in [2.05, 4.69) is 55.0 Å². The van der Waals surface area contributed by atoms with E-state index in [-0.39, 0.29) is 6.04 Å². The molecule has 0 saturated heterocycles. The fraction of sp³-hybridized carbons (Fsp3) is 0.571. The van der Waals surface area contributed by atoms with Crippen molar-refractivity contribution in [1.82, 2.24) is 4.90 Å². The van der Waals surface area contributed by atoms with E-state index >= 15 is 0 Å². The highest BCUT2D eigenvalue weighted by Crippen LogP contribution is 2.35. The number of methoxy groups -OCH3 is 1. The van der Waals surface area contributed by atoms with E-state index in [1.54, 1.807) is 7.11 Å². The van der Waals surface area contributed by atoms with Gasteiger partial charge in [0.1, 0.15) is 0 Å². The van der Waals surface area contributed by atoms with Gasteiger partial charge in [-0.3, -0.25) is 4.90 Å². The zero-order valence-corrected chi connectivity index (χ0v) is 14.3. The van der Waals surface area contributed by atoms with Crippen LogP contribution in [0.2, 0.25) is 0 Å². The molecule has 2 rings (SSSR count). The molecule has 0 amide bonds. The summed E-state index contributed by atoms with van der Waals surface area (Å²) >= 11 is 7.08. The van der Waals surface area contributed by atoms with Gasteiger partial charge < -0.3 is 10.5 Å². The molecule has 0 bridgehead atoms. The Morgan fingerprint density at radius 2 is 2.11 bits per heavy atom. The lowest BCUT2D eigenvalue weighted by molar-refractivity contribution is 0.115. The Kier molecular flexibility index (Phi) is 5.84. The molecule has 1 aromatic rings. The summed E-state index contributed by atoms with van der Waals surface area (Å²) in [5.41, 5.74) is 7.29. The minimum absolute atomic E-state index is 0.270. The summed E-state index contributed by atoms with van der Waals surface area (Å²) in [6.07, 6.45) is 2.55. The van der Waals surface area contributed by atoms with Crippen LogP contribution in [0.1, 0.15) is 24.4 Å². The van der Waals surface area contributed by atoms with Crippen LogP contribution in [0, 0.1) is 0 Å². The van der Waals surface area contributed by atoms with Crippen LogP contribution in [-0.4, -0.2) is 37.7 Å². The topological polar surface area (TPSA) is 38.5 Å². The van der Waals surface area contributed by atoms with Gasteiger partial charge in [0.2, 0.25) is 0 Å². The monoisotopic (exact) mass is 390 g/mol. The predicted molar refractivity (Wildman–Crippen MR) is 85.2 cm³/mol. The third-order valence-corrected chi connectivity index (χ3v) is 5.40. The van der Waals surface area contributed by atoms with Gasteiger partial charge in [-0.2, -0.15) is 0 Å². The number of benzene rings is 1. The van der Waals surface area contributed by atoms with Gasteiger partial charge >= 0.3 is 0 Å². The largest absolute Gasteiger partial charge is 0.383 e. The first-order chi connectivity index (χ1) is 9.17. The van der Waals surface area contributed by atoms with E-state index in [1.165, 1.54) is 18.4 Å². The molecule has 106 valence electrons. The number of nitrogens with two attached hydrogens (primary N) is 1. The normalized spacial score (nSPS) is 16.9. The quantitative estimate of drug-likeness (QED) is 0.774. The minimum Gasteiger partial charge on any atom is -0.383 e. The van der Waals surface area contributed by atoms with Gasteiger partial charge in [-0.1, -0.05) is 6.07 Å². The van der Waals surface area contributed by atoms with Crippen LogP contribution >= 0.6 is 31.9 Å². The van der Waals surface area contributed by atoms with Gasteiger partial charge in [-0.25, -0.2) is 0 Å². The van der Waals surface area contributed by atoms with Gasteiger partial charge in [0.05, 0.1) is 6.61 Å². The molecule has 1 fully saturated rings. The zero-order chi connectivity index (χ0) is 13.8. The molecular weight excluding hydrogens is 372 g/mol. The van der Waals surface area contributed by atoms with Crippen LogP contribution < -0.4 is 5.73 Å². The second-order valence-electron chi connectivity index (χ2n) is 4.89. The number of rotatable bonds is 7. The second kappa shape index (κ2) is 7.18. The average Bonchev–Trinajstić information content (AvgIpc) is 3.22. The van der Waals surface area contributed by atoms with Gasteiger partial charge in [0, 0.05) is 41.2 Å². The standard InChI is InChI=1S/C14H20Br2N2O/c1-19-7-6-18(11-3-4-11)14(9-17)10-2-5-12(15)13(16)8-10/h2,5,8,11,14H,3-4,6-7,9,17H2,1H3. The molecule has 1 atom stereocenters. The molecule has 0 radical (unpaired) electrons. The Hall–Kier alpha value is 0.0600. The Bertz CT molecular complexity index is 424. The minimum atomic E-state index is 0.270. The van der Waals surface area contributed by atoms with Crippen molar-refractivity contribution in [2.45, 2.75) is 24.9 Å². The highest BCUT2D eigenvalue weighted by atomic mass is 79.9. The number of hydrogen-bond donors (Lipinski definition) is 1. The maximum atomic E-state index is 6.02. The summed E-state index contributed by atoms with van der Waals surface area (Å²) in [7, 11) is 1.75. The summed E-state index contributed by atoms with van der Waals surface area (Å²) in [5, 5.41) is 0. The number of ether oxygens (including phenoxy) is 1. The molecule has 19 heavy (non-hydrogen) atoms. The smallest absolute Gasteiger partial charge is 0.0590 e. The van der Waals surface area contributed by atoms with E-state index in [4.69, 9.17) is 10.5 Å². The van der Waals surface area contributed by atoms with E-state index in [0.717, 1.165) is 22.1 Å². The number of hydrogen-bond acceptors (Lipinski definition) is 3. The van der Waals surface area contributed by atoms with Gasteiger partial charge in [0.25, 0.3) is 0 Å². The lowest BCUT2D eigenvalue weighted by atomic mass is 10.1. The maximum absolute atomic E-state index is 6.02. The molecule has 0 aromatic heterocycles. The third-order valence-electron chi connectivity index (χ3n) is 3.52. The average molecular weight is 392 g/mol. The van der Waals surface area contributed by atoms with Crippen molar-refractivity contribution < 1.29 is 4.74 Å². The van der Waals surface area contributed by atoms with Gasteiger partial charge in [-0.05, 0) is 62.4 Å². The van der Waals surface area contributed by atoms with Crippen molar-refractivity contribution in [1.29, 1.82) is 0 Å². The van der Waals surface area contributed by atoms with Crippen molar-refractivity contribution in [3.05, 3.63) is 32.7 Å². The van der Waals surface area contributed by atoms with Gasteiger partial charge in [0.15, 0.2) is 0 Å². The molecule has 1 aliphatic rings. The van der Waals surface area contributed by atoms with E-state index in [1.807, 2.05) is 0 Å². The molecule has 0 spiro atoms. The Morgan fingerprint density at radius 3 is 2.63 bits per heavy atom. The van der Waals surface area contributed by atoms with E-state index in [0.29, 0.717) is 12.6 Å². The van der Waals surface area contributed by atoms with Crippen LogP contribution in [0.5, 0.6) is 0 Å². The second-order valence-corrected chi connectivity index (χ2v) is 6.60. The Labute approximate surface area is 131 Å². The van der Waals surface area contributed by atoms with Crippen LogP contribution in [0.15, 0.2) is 27.1 Å². The van der Waals surface area contributed by atoms with Crippen molar-refractivity contribution in [3.63, 3.8) is 0 Å². The highest BCUT2D eigenvalue weighted by Gasteiger charge is 2.33. The summed E-state index contributed by atoms with van der Waals surface area (Å²) in [4.78, 5) is 2.49. The molecule has 1 aliphatic carbocycles. The summed E-state index contributed by atoms with van der Waals surface area (Å²) in [5.74, 6) is 0.